The van der Waals surface area contributed by atoms with Crippen LogP contribution in [-0.2, 0) is 14.6 Å². The first kappa shape index (κ1) is 16.1. The Hall–Kier alpha value is -2.32. The van der Waals surface area contributed by atoms with E-state index in [1.807, 2.05) is 5.43 Å². The highest BCUT2D eigenvalue weighted by molar-refractivity contribution is 7.92. The molecule has 0 aliphatic carbocycles. The average Bonchev–Trinajstić information content (AvgIpc) is 2.99. The number of hydrazine groups is 1. The van der Waals surface area contributed by atoms with E-state index in [2.05, 4.69) is 10.4 Å². The van der Waals surface area contributed by atoms with Crippen LogP contribution >= 0.6 is 11.6 Å². The molecule has 0 unspecified atom stereocenters. The summed E-state index contributed by atoms with van der Waals surface area (Å²) < 4.78 is 24.0. The summed E-state index contributed by atoms with van der Waals surface area (Å²) in [6.45, 7) is 0. The lowest BCUT2D eigenvalue weighted by Gasteiger charge is -2.07. The molecule has 3 N–H and O–H groups in total. The summed E-state index contributed by atoms with van der Waals surface area (Å²) in [6, 6.07) is 8.57. The molecule has 0 aliphatic rings. The van der Waals surface area contributed by atoms with Crippen LogP contribution in [0.15, 0.2) is 47.5 Å². The van der Waals surface area contributed by atoms with Gasteiger partial charge in [0.2, 0.25) is 0 Å². The Morgan fingerprint density at radius 1 is 1.09 bits per heavy atom. The molecule has 1 aromatic carbocycles. The van der Waals surface area contributed by atoms with Crippen molar-refractivity contribution in [1.29, 1.82) is 0 Å². The van der Waals surface area contributed by atoms with Crippen molar-refractivity contribution in [2.75, 3.05) is 5.75 Å². The fraction of sp³-hybridized carbons (Fsp3) is 0.0769. The van der Waals surface area contributed by atoms with Gasteiger partial charge in [0.1, 0.15) is 11.4 Å². The van der Waals surface area contributed by atoms with Gasteiger partial charge in [-0.1, -0.05) is 11.6 Å². The summed E-state index contributed by atoms with van der Waals surface area (Å²) in [6.07, 6.45) is 1.54. The van der Waals surface area contributed by atoms with Crippen molar-refractivity contribution in [3.63, 3.8) is 0 Å². The summed E-state index contributed by atoms with van der Waals surface area (Å²) in [5.41, 5.74) is 4.39. The number of nitrogens with one attached hydrogen (secondary N) is 3. The Bertz CT molecular complexity index is 770. The van der Waals surface area contributed by atoms with Gasteiger partial charge in [0, 0.05) is 11.2 Å². The molecule has 9 heteroatoms. The Kier molecular flexibility index (Phi) is 4.84. The topological polar surface area (TPSA) is 108 Å². The second-order valence-corrected chi connectivity index (χ2v) is 6.73. The van der Waals surface area contributed by atoms with Gasteiger partial charge in [-0.3, -0.25) is 20.4 Å². The second-order valence-electron chi connectivity index (χ2n) is 4.30. The van der Waals surface area contributed by atoms with Gasteiger partial charge in [-0.05, 0) is 36.4 Å². The molecule has 0 spiro atoms. The highest BCUT2D eigenvalue weighted by Crippen LogP contribution is 2.15. The summed E-state index contributed by atoms with van der Waals surface area (Å²) in [5.74, 6) is -2.23. The van der Waals surface area contributed by atoms with Crippen LogP contribution in [0, 0.1) is 0 Å². The number of carbonyl (C=O) groups is 2. The molecule has 1 heterocycles. The molecule has 0 bridgehead atoms. The number of amides is 2. The van der Waals surface area contributed by atoms with E-state index in [0.717, 1.165) is 0 Å². The largest absolute Gasteiger partial charge is 0.357 e. The van der Waals surface area contributed by atoms with Gasteiger partial charge < -0.3 is 4.98 Å². The number of sulfone groups is 1. The number of hydrogen-bond donors (Lipinski definition) is 3. The third kappa shape index (κ3) is 4.09. The monoisotopic (exact) mass is 341 g/mol. The van der Waals surface area contributed by atoms with E-state index in [1.165, 1.54) is 30.3 Å². The second kappa shape index (κ2) is 6.63. The molecule has 0 saturated heterocycles. The highest BCUT2D eigenvalue weighted by atomic mass is 35.5. The predicted octanol–water partition coefficient (Wildman–Crippen LogP) is 0.903. The molecule has 2 amide bonds. The molecule has 0 aliphatic heterocycles. The van der Waals surface area contributed by atoms with E-state index in [0.29, 0.717) is 5.02 Å². The van der Waals surface area contributed by atoms with Crippen LogP contribution in [-0.4, -0.2) is 31.0 Å². The van der Waals surface area contributed by atoms with Crippen LogP contribution in [0.1, 0.15) is 10.5 Å². The van der Waals surface area contributed by atoms with Crippen molar-refractivity contribution in [3.05, 3.63) is 53.3 Å². The Labute approximate surface area is 131 Å². The quantitative estimate of drug-likeness (QED) is 0.718. The normalized spacial score (nSPS) is 11.0. The van der Waals surface area contributed by atoms with E-state index in [1.54, 1.807) is 12.3 Å². The summed E-state index contributed by atoms with van der Waals surface area (Å²) in [5, 5.41) is 0.390. The first-order chi connectivity index (χ1) is 10.4. The van der Waals surface area contributed by atoms with Crippen LogP contribution in [0.2, 0.25) is 5.02 Å². The number of benzene rings is 1. The van der Waals surface area contributed by atoms with E-state index in [9.17, 15) is 18.0 Å². The fourth-order valence-electron chi connectivity index (χ4n) is 1.60. The predicted molar refractivity (Wildman–Crippen MR) is 79.9 cm³/mol. The Morgan fingerprint density at radius 3 is 2.36 bits per heavy atom. The van der Waals surface area contributed by atoms with Crippen molar-refractivity contribution in [2.24, 2.45) is 0 Å². The van der Waals surface area contributed by atoms with E-state index < -0.39 is 27.4 Å². The molecule has 2 aromatic rings. The summed E-state index contributed by atoms with van der Waals surface area (Å²) >= 11 is 5.68. The van der Waals surface area contributed by atoms with Crippen LogP contribution < -0.4 is 10.9 Å². The maximum Gasteiger partial charge on any atom is 0.286 e. The first-order valence-electron chi connectivity index (χ1n) is 6.09. The van der Waals surface area contributed by atoms with Gasteiger partial charge in [-0.2, -0.15) is 0 Å². The zero-order chi connectivity index (χ0) is 16.2. The molecule has 0 radical (unpaired) electrons. The van der Waals surface area contributed by atoms with Gasteiger partial charge in [0.05, 0.1) is 4.90 Å². The minimum Gasteiger partial charge on any atom is -0.357 e. The Balaban J connectivity index is 1.94. The SMILES string of the molecule is O=C(CS(=O)(=O)c1ccc(Cl)cc1)NNC(=O)c1ccc[nH]1. The molecular formula is C13H12ClN3O4S. The first-order valence-corrected chi connectivity index (χ1v) is 8.12. The molecule has 22 heavy (non-hydrogen) atoms. The number of H-pyrrole nitrogens is 1. The van der Waals surface area contributed by atoms with Crippen molar-refractivity contribution < 1.29 is 18.0 Å². The van der Waals surface area contributed by atoms with Gasteiger partial charge >= 0.3 is 0 Å². The van der Waals surface area contributed by atoms with Crippen molar-refractivity contribution >= 4 is 33.3 Å². The lowest BCUT2D eigenvalue weighted by molar-refractivity contribution is -0.119. The van der Waals surface area contributed by atoms with Crippen molar-refractivity contribution in [2.45, 2.75) is 4.90 Å². The maximum absolute atomic E-state index is 12.0. The van der Waals surface area contributed by atoms with Gasteiger partial charge in [0.15, 0.2) is 9.84 Å². The van der Waals surface area contributed by atoms with E-state index >= 15 is 0 Å². The molecule has 116 valence electrons. The minimum absolute atomic E-state index is 0.0252. The van der Waals surface area contributed by atoms with Crippen LogP contribution in [0.25, 0.3) is 0 Å². The molecule has 0 atom stereocenters. The van der Waals surface area contributed by atoms with Crippen LogP contribution in [0.4, 0.5) is 0 Å². The van der Waals surface area contributed by atoms with E-state index in [-0.39, 0.29) is 10.6 Å². The Morgan fingerprint density at radius 2 is 1.77 bits per heavy atom. The van der Waals surface area contributed by atoms with Crippen LogP contribution in [0.3, 0.4) is 0 Å². The summed E-state index contributed by atoms with van der Waals surface area (Å²) in [7, 11) is -3.81. The number of carbonyl (C=O) groups excluding carboxylic acids is 2. The number of rotatable bonds is 4. The lowest BCUT2D eigenvalue weighted by Crippen LogP contribution is -2.44. The third-order valence-corrected chi connectivity index (χ3v) is 4.54. The molecule has 7 nitrogen and oxygen atoms in total. The van der Waals surface area contributed by atoms with Crippen molar-refractivity contribution in [3.8, 4) is 0 Å². The zero-order valence-electron chi connectivity index (χ0n) is 11.2. The van der Waals surface area contributed by atoms with Gasteiger partial charge in [0.25, 0.3) is 11.8 Å². The molecule has 0 saturated carbocycles. The molecule has 2 rings (SSSR count). The van der Waals surface area contributed by atoms with E-state index in [4.69, 9.17) is 11.6 Å². The number of aromatic nitrogens is 1. The van der Waals surface area contributed by atoms with Gasteiger partial charge in [-0.15, -0.1) is 0 Å². The van der Waals surface area contributed by atoms with Crippen LogP contribution in [0.5, 0.6) is 0 Å². The number of halogens is 1. The maximum atomic E-state index is 12.0. The lowest BCUT2D eigenvalue weighted by atomic mass is 10.4. The zero-order valence-corrected chi connectivity index (χ0v) is 12.7. The third-order valence-electron chi connectivity index (χ3n) is 2.65. The minimum atomic E-state index is -3.81. The highest BCUT2D eigenvalue weighted by Gasteiger charge is 2.19. The smallest absolute Gasteiger partial charge is 0.286 e. The van der Waals surface area contributed by atoms with Crippen molar-refractivity contribution in [1.82, 2.24) is 15.8 Å². The molecular weight excluding hydrogens is 330 g/mol. The molecule has 0 fully saturated rings. The fourth-order valence-corrected chi connectivity index (χ4v) is 2.86. The van der Waals surface area contributed by atoms with Gasteiger partial charge in [-0.25, -0.2) is 8.42 Å². The number of hydrogen-bond acceptors (Lipinski definition) is 4. The standard InChI is InChI=1S/C13H12ClN3O4S/c14-9-3-5-10(6-4-9)22(20,21)8-12(18)16-17-13(19)11-2-1-7-15-11/h1-7,15H,8H2,(H,16,18)(H,17,19). The summed E-state index contributed by atoms with van der Waals surface area (Å²) in [4.78, 5) is 25.8. The average molecular weight is 342 g/mol. The molecule has 1 aromatic heterocycles. The number of aromatic amines is 1.